The number of nitrogens with one attached hydrogen (secondary N) is 1. The van der Waals surface area contributed by atoms with Gasteiger partial charge in [-0.1, -0.05) is 24.3 Å². The minimum atomic E-state index is -0.371. The van der Waals surface area contributed by atoms with E-state index < -0.39 is 0 Å². The Labute approximate surface area is 132 Å². The highest BCUT2D eigenvalue weighted by Gasteiger charge is 2.05. The second-order valence-corrected chi connectivity index (χ2v) is 4.97. The van der Waals surface area contributed by atoms with Crippen LogP contribution < -0.4 is 5.43 Å². The van der Waals surface area contributed by atoms with Gasteiger partial charge >= 0.3 is 0 Å². The largest absolute Gasteiger partial charge is 0.508 e. The molecule has 0 radical (unpaired) electrons. The Morgan fingerprint density at radius 2 is 1.61 bits per heavy atom. The van der Waals surface area contributed by atoms with Crippen LogP contribution in [-0.2, 0) is 0 Å². The lowest BCUT2D eigenvalue weighted by atomic mass is 10.0. The lowest BCUT2D eigenvalue weighted by molar-refractivity contribution is 0.0955. The number of amides is 1. The zero-order chi connectivity index (χ0) is 16.2. The number of nitrogens with zero attached hydrogens (tertiary/aromatic N) is 1. The molecule has 0 aliphatic rings. The molecule has 5 heteroatoms. The van der Waals surface area contributed by atoms with Gasteiger partial charge in [-0.3, -0.25) is 4.79 Å². The number of benzene rings is 3. The number of carbonyl (C=O) groups excluding carboxylic acids is 1. The van der Waals surface area contributed by atoms with Crippen LogP contribution in [0.1, 0.15) is 15.9 Å². The second kappa shape index (κ2) is 6.19. The number of hydrogen-bond acceptors (Lipinski definition) is 4. The fourth-order valence-electron chi connectivity index (χ4n) is 2.26. The van der Waals surface area contributed by atoms with Crippen LogP contribution in [0.3, 0.4) is 0 Å². The van der Waals surface area contributed by atoms with Crippen molar-refractivity contribution in [2.45, 2.75) is 0 Å². The molecule has 0 saturated carbocycles. The SMILES string of the molecule is O=C(N/N=C\c1ccc(O)c2ccccc12)c1ccc(O)cc1. The van der Waals surface area contributed by atoms with Gasteiger partial charge in [0.1, 0.15) is 11.5 Å². The number of phenolic OH excluding ortho intramolecular Hbond substituents is 2. The van der Waals surface area contributed by atoms with Crippen LogP contribution in [0.5, 0.6) is 11.5 Å². The molecule has 3 N–H and O–H groups in total. The molecule has 0 aliphatic heterocycles. The first-order valence-corrected chi connectivity index (χ1v) is 6.98. The van der Waals surface area contributed by atoms with Crippen LogP contribution in [0, 0.1) is 0 Å². The van der Waals surface area contributed by atoms with Gasteiger partial charge in [0.2, 0.25) is 0 Å². The van der Waals surface area contributed by atoms with Crippen molar-refractivity contribution in [3.05, 3.63) is 71.8 Å². The van der Waals surface area contributed by atoms with Gasteiger partial charge in [-0.2, -0.15) is 5.10 Å². The summed E-state index contributed by atoms with van der Waals surface area (Å²) in [6.45, 7) is 0. The Bertz CT molecular complexity index is 886. The average molecular weight is 306 g/mol. The number of hydrogen-bond donors (Lipinski definition) is 3. The fraction of sp³-hybridized carbons (Fsp3) is 0. The number of rotatable bonds is 3. The summed E-state index contributed by atoms with van der Waals surface area (Å²) in [6.07, 6.45) is 1.53. The third kappa shape index (κ3) is 3.13. The molecule has 1 amide bonds. The van der Waals surface area contributed by atoms with Crippen LogP contribution in [0.2, 0.25) is 0 Å². The van der Waals surface area contributed by atoms with E-state index in [1.54, 1.807) is 12.1 Å². The Kier molecular flexibility index (Phi) is 3.93. The van der Waals surface area contributed by atoms with Gasteiger partial charge in [0.15, 0.2) is 0 Å². The summed E-state index contributed by atoms with van der Waals surface area (Å²) in [7, 11) is 0. The van der Waals surface area contributed by atoms with Crippen molar-refractivity contribution in [1.82, 2.24) is 5.43 Å². The predicted octanol–water partition coefficient (Wildman–Crippen LogP) is 3.01. The van der Waals surface area contributed by atoms with Crippen LogP contribution in [0.15, 0.2) is 65.8 Å². The van der Waals surface area contributed by atoms with Gasteiger partial charge in [0.05, 0.1) is 6.21 Å². The third-order valence-electron chi connectivity index (χ3n) is 3.43. The van der Waals surface area contributed by atoms with Crippen LogP contribution in [0.25, 0.3) is 10.8 Å². The zero-order valence-corrected chi connectivity index (χ0v) is 12.1. The summed E-state index contributed by atoms with van der Waals surface area (Å²) in [4.78, 5) is 11.9. The normalized spacial score (nSPS) is 11.0. The molecule has 0 saturated heterocycles. The molecule has 0 heterocycles. The summed E-state index contributed by atoms with van der Waals surface area (Å²) in [5.41, 5.74) is 3.61. The van der Waals surface area contributed by atoms with Gasteiger partial charge in [-0.25, -0.2) is 5.43 Å². The first-order chi connectivity index (χ1) is 11.1. The molecule has 3 aromatic carbocycles. The maximum absolute atomic E-state index is 11.9. The predicted molar refractivity (Wildman–Crippen MR) is 88.8 cm³/mol. The molecule has 0 fully saturated rings. The summed E-state index contributed by atoms with van der Waals surface area (Å²) in [5.74, 6) is -0.0733. The van der Waals surface area contributed by atoms with Crippen LogP contribution in [0.4, 0.5) is 0 Å². The van der Waals surface area contributed by atoms with Crippen molar-refractivity contribution in [3.63, 3.8) is 0 Å². The van der Waals surface area contributed by atoms with Crippen molar-refractivity contribution in [1.29, 1.82) is 0 Å². The first kappa shape index (κ1) is 14.6. The molecular weight excluding hydrogens is 292 g/mol. The highest BCUT2D eigenvalue weighted by Crippen LogP contribution is 2.26. The second-order valence-electron chi connectivity index (χ2n) is 4.97. The first-order valence-electron chi connectivity index (χ1n) is 6.98. The zero-order valence-electron chi connectivity index (χ0n) is 12.1. The van der Waals surface area contributed by atoms with E-state index in [2.05, 4.69) is 10.5 Å². The van der Waals surface area contributed by atoms with Crippen LogP contribution in [-0.4, -0.2) is 22.3 Å². The topological polar surface area (TPSA) is 81.9 Å². The molecule has 5 nitrogen and oxygen atoms in total. The maximum atomic E-state index is 11.9. The number of hydrazone groups is 1. The van der Waals surface area contributed by atoms with Crippen LogP contribution >= 0.6 is 0 Å². The smallest absolute Gasteiger partial charge is 0.271 e. The molecule has 3 aromatic rings. The van der Waals surface area contributed by atoms with Gasteiger partial charge in [-0.15, -0.1) is 0 Å². The minimum absolute atomic E-state index is 0.0978. The van der Waals surface area contributed by atoms with E-state index in [0.29, 0.717) is 5.56 Å². The minimum Gasteiger partial charge on any atom is -0.508 e. The number of fused-ring (bicyclic) bond motifs is 1. The fourth-order valence-corrected chi connectivity index (χ4v) is 2.26. The molecular formula is C18H14N2O3. The number of phenols is 2. The van der Waals surface area contributed by atoms with Gasteiger partial charge in [-0.05, 0) is 41.8 Å². The van der Waals surface area contributed by atoms with E-state index in [0.717, 1.165) is 16.3 Å². The van der Waals surface area contributed by atoms with Crippen molar-refractivity contribution in [2.24, 2.45) is 5.10 Å². The summed E-state index contributed by atoms with van der Waals surface area (Å²) >= 11 is 0. The Morgan fingerprint density at radius 3 is 2.35 bits per heavy atom. The molecule has 0 spiro atoms. The quantitative estimate of drug-likeness (QED) is 0.514. The number of carbonyl (C=O) groups is 1. The van der Waals surface area contributed by atoms with Crippen molar-refractivity contribution >= 4 is 22.9 Å². The molecule has 0 aliphatic carbocycles. The maximum Gasteiger partial charge on any atom is 0.271 e. The molecule has 0 bridgehead atoms. The van der Waals surface area contributed by atoms with E-state index in [1.807, 2.05) is 24.3 Å². The van der Waals surface area contributed by atoms with E-state index in [4.69, 9.17) is 0 Å². The Balaban J connectivity index is 1.80. The van der Waals surface area contributed by atoms with Crippen molar-refractivity contribution < 1.29 is 15.0 Å². The van der Waals surface area contributed by atoms with E-state index in [-0.39, 0.29) is 17.4 Å². The molecule has 0 unspecified atom stereocenters. The highest BCUT2D eigenvalue weighted by molar-refractivity contribution is 6.02. The van der Waals surface area contributed by atoms with E-state index in [1.165, 1.54) is 30.5 Å². The van der Waals surface area contributed by atoms with Crippen molar-refractivity contribution in [2.75, 3.05) is 0 Å². The van der Waals surface area contributed by atoms with Gasteiger partial charge in [0, 0.05) is 16.5 Å². The third-order valence-corrected chi connectivity index (χ3v) is 3.43. The standard InChI is InChI=1S/C18H14N2O3/c21-14-8-5-12(6-9-14)18(23)20-19-11-13-7-10-17(22)16-4-2-1-3-15(13)16/h1-11,21-22H,(H,20,23)/b19-11-. The van der Waals surface area contributed by atoms with E-state index in [9.17, 15) is 15.0 Å². The molecule has 114 valence electrons. The lowest BCUT2D eigenvalue weighted by Gasteiger charge is -2.04. The molecule has 23 heavy (non-hydrogen) atoms. The lowest BCUT2D eigenvalue weighted by Crippen LogP contribution is -2.17. The van der Waals surface area contributed by atoms with E-state index >= 15 is 0 Å². The van der Waals surface area contributed by atoms with Gasteiger partial charge < -0.3 is 10.2 Å². The highest BCUT2D eigenvalue weighted by atomic mass is 16.3. The van der Waals surface area contributed by atoms with Crippen molar-refractivity contribution in [3.8, 4) is 11.5 Å². The average Bonchev–Trinajstić information content (AvgIpc) is 2.58. The number of aromatic hydroxyl groups is 2. The Hall–Kier alpha value is -3.34. The molecule has 3 rings (SSSR count). The summed E-state index contributed by atoms with van der Waals surface area (Å²) in [5, 5.41) is 24.6. The molecule has 0 atom stereocenters. The Morgan fingerprint density at radius 1 is 0.913 bits per heavy atom. The van der Waals surface area contributed by atoms with Gasteiger partial charge in [0.25, 0.3) is 5.91 Å². The summed E-state index contributed by atoms with van der Waals surface area (Å²) in [6, 6.07) is 16.6. The monoisotopic (exact) mass is 306 g/mol. The molecule has 0 aromatic heterocycles. The summed E-state index contributed by atoms with van der Waals surface area (Å²) < 4.78 is 0.